The van der Waals surface area contributed by atoms with E-state index in [1.807, 2.05) is 6.08 Å². The first-order valence-electron chi connectivity index (χ1n) is 9.24. The fourth-order valence-corrected chi connectivity index (χ4v) is 3.29. The van der Waals surface area contributed by atoms with E-state index in [-0.39, 0.29) is 12.6 Å². The highest BCUT2D eigenvalue weighted by molar-refractivity contribution is 5.89. The van der Waals surface area contributed by atoms with E-state index < -0.39 is 17.9 Å². The summed E-state index contributed by atoms with van der Waals surface area (Å²) in [6.45, 7) is 0.941. The van der Waals surface area contributed by atoms with Crippen molar-refractivity contribution in [3.05, 3.63) is 47.7 Å². The Morgan fingerprint density at radius 3 is 2.69 bits per heavy atom. The molecule has 9 heteroatoms. The van der Waals surface area contributed by atoms with Crippen LogP contribution in [0.3, 0.4) is 0 Å². The molecule has 1 aliphatic heterocycles. The van der Waals surface area contributed by atoms with Gasteiger partial charge in [-0.1, -0.05) is 6.08 Å². The van der Waals surface area contributed by atoms with Gasteiger partial charge in [0, 0.05) is 18.4 Å². The number of fused-ring (bicyclic) bond motifs is 1. The van der Waals surface area contributed by atoms with Crippen LogP contribution < -0.4 is 15.5 Å². The van der Waals surface area contributed by atoms with Gasteiger partial charge in [-0.2, -0.15) is 0 Å². The van der Waals surface area contributed by atoms with E-state index in [0.29, 0.717) is 36.7 Å². The highest BCUT2D eigenvalue weighted by atomic mass is 16.5. The van der Waals surface area contributed by atoms with E-state index in [1.54, 1.807) is 54.9 Å². The molecule has 29 heavy (non-hydrogen) atoms. The van der Waals surface area contributed by atoms with Gasteiger partial charge in [-0.15, -0.1) is 0 Å². The quantitative estimate of drug-likeness (QED) is 0.512. The Morgan fingerprint density at radius 1 is 1.28 bits per heavy atom. The molecule has 0 bridgehead atoms. The third-order valence-electron chi connectivity index (χ3n) is 4.79. The number of ether oxygens (including phenoxy) is 3. The molecule has 1 fully saturated rings. The van der Waals surface area contributed by atoms with Gasteiger partial charge < -0.3 is 24.4 Å². The monoisotopic (exact) mass is 403 g/mol. The van der Waals surface area contributed by atoms with Crippen LogP contribution in [0.2, 0.25) is 0 Å². The van der Waals surface area contributed by atoms with Crippen LogP contribution in [0.5, 0.6) is 5.75 Å². The van der Waals surface area contributed by atoms with Crippen LogP contribution in [-0.2, 0) is 14.3 Å². The van der Waals surface area contributed by atoms with Crippen molar-refractivity contribution in [1.82, 2.24) is 10.4 Å². The average Bonchev–Trinajstić information content (AvgIpc) is 2.92. The second-order valence-electron chi connectivity index (χ2n) is 6.81. The Labute approximate surface area is 168 Å². The zero-order valence-electron chi connectivity index (χ0n) is 16.4. The second-order valence-corrected chi connectivity index (χ2v) is 6.81. The van der Waals surface area contributed by atoms with E-state index in [0.717, 1.165) is 5.57 Å². The van der Waals surface area contributed by atoms with Crippen molar-refractivity contribution >= 4 is 17.6 Å². The Balaban J connectivity index is 1.75. The lowest BCUT2D eigenvalue weighted by Gasteiger charge is -2.23. The molecule has 1 heterocycles. The van der Waals surface area contributed by atoms with Crippen LogP contribution in [0, 0.1) is 5.92 Å². The molecule has 0 spiro atoms. The number of anilines is 1. The Hall–Kier alpha value is -3.04. The van der Waals surface area contributed by atoms with Crippen LogP contribution in [0.15, 0.2) is 47.7 Å². The molecule has 2 atom stereocenters. The molecule has 1 unspecified atom stereocenters. The number of carbonyl (C=O) groups is 2. The van der Waals surface area contributed by atoms with Crippen LogP contribution in [-0.4, -0.2) is 62.1 Å². The molecule has 9 nitrogen and oxygen atoms in total. The number of benzene rings is 1. The van der Waals surface area contributed by atoms with Crippen molar-refractivity contribution < 1.29 is 29.0 Å². The first-order valence-corrected chi connectivity index (χ1v) is 9.24. The number of nitrogens with zero attached hydrogens (tertiary/aromatic N) is 1. The Morgan fingerprint density at radius 2 is 2.03 bits per heavy atom. The van der Waals surface area contributed by atoms with E-state index in [2.05, 4.69) is 5.32 Å². The second kappa shape index (κ2) is 9.44. The lowest BCUT2D eigenvalue weighted by atomic mass is 9.94. The van der Waals surface area contributed by atoms with Crippen LogP contribution in [0.4, 0.5) is 10.5 Å². The van der Waals surface area contributed by atoms with Crippen molar-refractivity contribution in [3.63, 3.8) is 0 Å². The van der Waals surface area contributed by atoms with Gasteiger partial charge in [0.05, 0.1) is 32.7 Å². The smallest absolute Gasteiger partial charge is 0.322 e. The molecule has 3 rings (SSSR count). The first kappa shape index (κ1) is 20.7. The summed E-state index contributed by atoms with van der Waals surface area (Å²) in [4.78, 5) is 26.3. The van der Waals surface area contributed by atoms with E-state index in [1.165, 1.54) is 0 Å². The number of nitrogens with one attached hydrogen (secondary N) is 2. The van der Waals surface area contributed by atoms with Crippen LogP contribution in [0.1, 0.15) is 6.42 Å². The van der Waals surface area contributed by atoms with Crippen molar-refractivity contribution in [2.45, 2.75) is 12.5 Å². The topological polar surface area (TPSA) is 109 Å². The molecule has 0 saturated carbocycles. The zero-order chi connectivity index (χ0) is 20.8. The predicted octanol–water partition coefficient (Wildman–Crippen LogP) is 1.91. The van der Waals surface area contributed by atoms with Crippen LogP contribution >= 0.6 is 0 Å². The number of urea groups is 1. The summed E-state index contributed by atoms with van der Waals surface area (Å²) < 4.78 is 16.4. The van der Waals surface area contributed by atoms with Crippen LogP contribution in [0.25, 0.3) is 0 Å². The van der Waals surface area contributed by atoms with E-state index in [4.69, 9.17) is 19.4 Å². The summed E-state index contributed by atoms with van der Waals surface area (Å²) in [5.41, 5.74) is 3.13. The van der Waals surface area contributed by atoms with E-state index in [9.17, 15) is 9.59 Å². The van der Waals surface area contributed by atoms with Crippen molar-refractivity contribution in [1.29, 1.82) is 0 Å². The minimum atomic E-state index is -0.526. The number of hydrogen-bond acceptors (Lipinski definition) is 6. The van der Waals surface area contributed by atoms with Gasteiger partial charge in [-0.3, -0.25) is 10.0 Å². The third-order valence-corrected chi connectivity index (χ3v) is 4.79. The molecule has 1 saturated heterocycles. The standard InChI is InChI=1S/C20H25N3O6/c1-27-12-17-11-23(20(25)21-15-5-7-16(28-2)8-6-15)10-14-4-3-13(19(24)22-26)9-18(14)29-17/h4-9,13,17,26H,3,10-12H2,1-2H3,(H,21,25)(H,22,24)/t13?,17-/m1/s1. The summed E-state index contributed by atoms with van der Waals surface area (Å²) in [7, 11) is 3.14. The average molecular weight is 403 g/mol. The van der Waals surface area contributed by atoms with Gasteiger partial charge in [0.2, 0.25) is 0 Å². The molecule has 1 aromatic rings. The van der Waals surface area contributed by atoms with Crippen molar-refractivity contribution in [2.24, 2.45) is 5.92 Å². The maximum absolute atomic E-state index is 12.9. The number of methoxy groups -OCH3 is 2. The minimum absolute atomic E-state index is 0.266. The summed E-state index contributed by atoms with van der Waals surface area (Å²) in [5.74, 6) is 0.209. The number of rotatable bonds is 5. The molecule has 1 aromatic carbocycles. The fraction of sp³-hybridized carbons (Fsp3) is 0.400. The highest BCUT2D eigenvalue weighted by Crippen LogP contribution is 2.29. The molecular weight excluding hydrogens is 378 g/mol. The lowest BCUT2D eigenvalue weighted by Crippen LogP contribution is -2.41. The molecule has 156 valence electrons. The van der Waals surface area contributed by atoms with Crippen molar-refractivity contribution in [2.75, 3.05) is 39.2 Å². The van der Waals surface area contributed by atoms with Gasteiger partial charge in [0.1, 0.15) is 17.6 Å². The maximum atomic E-state index is 12.9. The Kier molecular flexibility index (Phi) is 6.73. The van der Waals surface area contributed by atoms with Gasteiger partial charge in [0.25, 0.3) is 5.91 Å². The molecule has 0 radical (unpaired) electrons. The normalized spacial score (nSPS) is 21.0. The molecule has 3 amide bonds. The zero-order valence-corrected chi connectivity index (χ0v) is 16.4. The van der Waals surface area contributed by atoms with E-state index >= 15 is 0 Å². The third kappa shape index (κ3) is 5.07. The first-order chi connectivity index (χ1) is 14.0. The largest absolute Gasteiger partial charge is 0.497 e. The number of hydroxylamine groups is 1. The molecule has 3 N–H and O–H groups in total. The number of amides is 3. The SMILES string of the molecule is COC[C@H]1CN(C(=O)Nc2ccc(OC)cc2)CC2=CCC(C(=O)NO)C=C2O1. The van der Waals surface area contributed by atoms with Crippen molar-refractivity contribution in [3.8, 4) is 5.75 Å². The number of hydrogen-bond donors (Lipinski definition) is 3. The predicted molar refractivity (Wildman–Crippen MR) is 105 cm³/mol. The summed E-state index contributed by atoms with van der Waals surface area (Å²) in [6, 6.07) is 6.80. The summed E-state index contributed by atoms with van der Waals surface area (Å²) >= 11 is 0. The van der Waals surface area contributed by atoms with Gasteiger partial charge in [-0.25, -0.2) is 10.3 Å². The summed E-state index contributed by atoms with van der Waals surface area (Å²) in [5, 5.41) is 11.8. The highest BCUT2D eigenvalue weighted by Gasteiger charge is 2.31. The maximum Gasteiger partial charge on any atom is 0.322 e. The van der Waals surface area contributed by atoms with Gasteiger partial charge >= 0.3 is 6.03 Å². The summed E-state index contributed by atoms with van der Waals surface area (Å²) in [6.07, 6.45) is 3.55. The Bertz CT molecular complexity index is 805. The van der Waals surface area contributed by atoms with Gasteiger partial charge in [0.15, 0.2) is 0 Å². The molecule has 1 aliphatic carbocycles. The molecule has 2 aliphatic rings. The number of allylic oxidation sites excluding steroid dienone is 1. The minimum Gasteiger partial charge on any atom is -0.497 e. The lowest BCUT2D eigenvalue weighted by molar-refractivity contribution is -0.131. The van der Waals surface area contributed by atoms with Gasteiger partial charge in [-0.05, 0) is 36.8 Å². The fourth-order valence-electron chi connectivity index (χ4n) is 3.29. The molecular formula is C20H25N3O6. The number of carbonyl (C=O) groups excluding carboxylic acids is 2. The molecule has 0 aromatic heterocycles.